The Hall–Kier alpha value is -1.76. The third kappa shape index (κ3) is 1.50. The van der Waals surface area contributed by atoms with E-state index in [9.17, 15) is 0 Å². The minimum Gasteiger partial charge on any atom is -0.368 e. The molecule has 1 saturated heterocycles. The van der Waals surface area contributed by atoms with Crippen molar-refractivity contribution in [3.05, 3.63) is 12.2 Å². The van der Waals surface area contributed by atoms with Crippen LogP contribution in [-0.2, 0) is 4.74 Å². The summed E-state index contributed by atoms with van der Waals surface area (Å²) in [7, 11) is 0. The lowest BCUT2D eigenvalue weighted by molar-refractivity contribution is 0.0835. The van der Waals surface area contributed by atoms with E-state index in [0.29, 0.717) is 17.5 Å². The summed E-state index contributed by atoms with van der Waals surface area (Å²) in [6.07, 6.45) is 3.30. The van der Waals surface area contributed by atoms with Crippen molar-refractivity contribution in [2.45, 2.75) is 18.9 Å². The molecule has 0 bridgehead atoms. The van der Waals surface area contributed by atoms with Gasteiger partial charge in [0.2, 0.25) is 5.82 Å². The van der Waals surface area contributed by atoms with Crippen LogP contribution in [0.1, 0.15) is 24.8 Å². The highest BCUT2D eigenvalue weighted by Crippen LogP contribution is 2.27. The molecule has 0 spiro atoms. The van der Waals surface area contributed by atoms with Gasteiger partial charge in [-0.3, -0.25) is 5.10 Å². The molecule has 15 heavy (non-hydrogen) atoms. The minimum absolute atomic E-state index is 0.0610. The lowest BCUT2D eigenvalue weighted by Crippen LogP contribution is -1.95. The SMILES string of the molecule is c1n[nH]c(-c2noc(C3CCCO3)n2)n1. The van der Waals surface area contributed by atoms with Crippen LogP contribution in [0.3, 0.4) is 0 Å². The summed E-state index contributed by atoms with van der Waals surface area (Å²) >= 11 is 0. The normalized spacial score (nSPS) is 20.9. The molecule has 1 N–H and O–H groups in total. The smallest absolute Gasteiger partial charge is 0.256 e. The highest BCUT2D eigenvalue weighted by molar-refractivity contribution is 5.39. The number of hydrogen-bond donors (Lipinski definition) is 1. The fraction of sp³-hybridized carbons (Fsp3) is 0.500. The van der Waals surface area contributed by atoms with Gasteiger partial charge in [0.1, 0.15) is 12.4 Å². The Balaban J connectivity index is 1.87. The fourth-order valence-electron chi connectivity index (χ4n) is 1.55. The van der Waals surface area contributed by atoms with Gasteiger partial charge in [0.15, 0.2) is 5.82 Å². The maximum Gasteiger partial charge on any atom is 0.256 e. The van der Waals surface area contributed by atoms with Crippen molar-refractivity contribution < 1.29 is 9.26 Å². The van der Waals surface area contributed by atoms with E-state index >= 15 is 0 Å². The molecular formula is C8H9N5O2. The summed E-state index contributed by atoms with van der Waals surface area (Å²) in [4.78, 5) is 8.13. The topological polar surface area (TPSA) is 89.7 Å². The zero-order valence-electron chi connectivity index (χ0n) is 7.88. The molecule has 3 rings (SSSR count). The molecule has 0 radical (unpaired) electrons. The molecule has 2 aromatic rings. The molecule has 2 aromatic heterocycles. The number of aromatic amines is 1. The second-order valence-electron chi connectivity index (χ2n) is 3.29. The van der Waals surface area contributed by atoms with E-state index in [-0.39, 0.29) is 6.10 Å². The van der Waals surface area contributed by atoms with Crippen molar-refractivity contribution in [1.29, 1.82) is 0 Å². The van der Waals surface area contributed by atoms with E-state index in [1.807, 2.05) is 0 Å². The summed E-state index contributed by atoms with van der Waals surface area (Å²) < 4.78 is 10.5. The Bertz CT molecular complexity index is 432. The van der Waals surface area contributed by atoms with Crippen molar-refractivity contribution >= 4 is 0 Å². The molecule has 0 saturated carbocycles. The highest BCUT2D eigenvalue weighted by atomic mass is 16.5. The summed E-state index contributed by atoms with van der Waals surface area (Å²) in [6, 6.07) is 0. The van der Waals surface area contributed by atoms with Gasteiger partial charge in [0.05, 0.1) is 0 Å². The minimum atomic E-state index is -0.0610. The lowest BCUT2D eigenvalue weighted by atomic mass is 10.2. The predicted octanol–water partition coefficient (Wildman–Crippen LogP) is 0.706. The third-order valence-corrected chi connectivity index (χ3v) is 2.27. The molecule has 1 aliphatic heterocycles. The van der Waals surface area contributed by atoms with Gasteiger partial charge in [0, 0.05) is 6.61 Å². The van der Waals surface area contributed by atoms with Crippen LogP contribution in [0.5, 0.6) is 0 Å². The second kappa shape index (κ2) is 3.43. The third-order valence-electron chi connectivity index (χ3n) is 2.27. The Morgan fingerprint density at radius 2 is 2.47 bits per heavy atom. The molecular weight excluding hydrogens is 198 g/mol. The zero-order valence-corrected chi connectivity index (χ0v) is 7.88. The summed E-state index contributed by atoms with van der Waals surface area (Å²) in [6.45, 7) is 0.755. The first-order valence-electron chi connectivity index (χ1n) is 4.74. The summed E-state index contributed by atoms with van der Waals surface area (Å²) in [5.74, 6) is 1.43. The number of nitrogens with zero attached hydrogens (tertiary/aromatic N) is 4. The molecule has 1 aliphatic rings. The van der Waals surface area contributed by atoms with Crippen molar-refractivity contribution in [3.8, 4) is 11.6 Å². The van der Waals surface area contributed by atoms with Gasteiger partial charge in [-0.25, -0.2) is 4.98 Å². The van der Waals surface area contributed by atoms with Gasteiger partial charge in [-0.15, -0.1) is 0 Å². The van der Waals surface area contributed by atoms with Crippen molar-refractivity contribution in [2.24, 2.45) is 0 Å². The van der Waals surface area contributed by atoms with Gasteiger partial charge in [-0.05, 0) is 12.8 Å². The zero-order chi connectivity index (χ0) is 10.1. The second-order valence-corrected chi connectivity index (χ2v) is 3.29. The van der Waals surface area contributed by atoms with E-state index in [4.69, 9.17) is 9.26 Å². The van der Waals surface area contributed by atoms with Gasteiger partial charge < -0.3 is 9.26 Å². The van der Waals surface area contributed by atoms with Gasteiger partial charge in [0.25, 0.3) is 5.89 Å². The monoisotopic (exact) mass is 207 g/mol. The van der Waals surface area contributed by atoms with E-state index < -0.39 is 0 Å². The van der Waals surface area contributed by atoms with Crippen molar-refractivity contribution in [3.63, 3.8) is 0 Å². The van der Waals surface area contributed by atoms with Crippen LogP contribution in [0.4, 0.5) is 0 Å². The van der Waals surface area contributed by atoms with Crippen LogP contribution in [0.2, 0.25) is 0 Å². The first kappa shape index (κ1) is 8.54. The largest absolute Gasteiger partial charge is 0.368 e. The fourth-order valence-corrected chi connectivity index (χ4v) is 1.55. The van der Waals surface area contributed by atoms with Crippen LogP contribution in [0, 0.1) is 0 Å². The number of nitrogens with one attached hydrogen (secondary N) is 1. The van der Waals surface area contributed by atoms with E-state index in [2.05, 4.69) is 25.3 Å². The molecule has 1 unspecified atom stereocenters. The predicted molar refractivity (Wildman–Crippen MR) is 47.6 cm³/mol. The quantitative estimate of drug-likeness (QED) is 0.779. The van der Waals surface area contributed by atoms with Gasteiger partial charge in [-0.2, -0.15) is 10.1 Å². The van der Waals surface area contributed by atoms with Crippen LogP contribution >= 0.6 is 0 Å². The number of rotatable bonds is 2. The number of aromatic nitrogens is 5. The van der Waals surface area contributed by atoms with Gasteiger partial charge in [-0.1, -0.05) is 5.16 Å². The first-order chi connectivity index (χ1) is 7.43. The molecule has 0 aromatic carbocycles. The van der Waals surface area contributed by atoms with Crippen molar-refractivity contribution in [1.82, 2.24) is 25.3 Å². The Morgan fingerprint density at radius 3 is 3.20 bits per heavy atom. The lowest BCUT2D eigenvalue weighted by Gasteiger charge is -2.00. The first-order valence-corrected chi connectivity index (χ1v) is 4.74. The van der Waals surface area contributed by atoms with E-state index in [0.717, 1.165) is 19.4 Å². The Labute approximate surface area is 84.9 Å². The van der Waals surface area contributed by atoms with E-state index in [1.54, 1.807) is 0 Å². The number of H-pyrrole nitrogens is 1. The van der Waals surface area contributed by atoms with Crippen molar-refractivity contribution in [2.75, 3.05) is 6.61 Å². The molecule has 3 heterocycles. The number of ether oxygens (including phenoxy) is 1. The summed E-state index contributed by atoms with van der Waals surface area (Å²) in [5.41, 5.74) is 0. The summed E-state index contributed by atoms with van der Waals surface area (Å²) in [5, 5.41) is 10.2. The average molecular weight is 207 g/mol. The molecule has 0 aliphatic carbocycles. The maximum absolute atomic E-state index is 5.43. The Kier molecular flexibility index (Phi) is 1.95. The van der Waals surface area contributed by atoms with Crippen LogP contribution in [-0.4, -0.2) is 31.9 Å². The number of hydrogen-bond acceptors (Lipinski definition) is 6. The van der Waals surface area contributed by atoms with Crippen LogP contribution in [0.25, 0.3) is 11.6 Å². The van der Waals surface area contributed by atoms with Gasteiger partial charge >= 0.3 is 0 Å². The molecule has 7 heteroatoms. The molecule has 7 nitrogen and oxygen atoms in total. The van der Waals surface area contributed by atoms with Crippen LogP contribution < -0.4 is 0 Å². The molecule has 1 fully saturated rings. The van der Waals surface area contributed by atoms with Crippen LogP contribution in [0.15, 0.2) is 10.9 Å². The highest BCUT2D eigenvalue weighted by Gasteiger charge is 2.24. The molecule has 1 atom stereocenters. The average Bonchev–Trinajstić information content (AvgIpc) is 3.02. The van der Waals surface area contributed by atoms with E-state index in [1.165, 1.54) is 6.33 Å². The molecule has 0 amide bonds. The standard InChI is InChI=1S/C8H9N5O2/c1-2-5(14-3-1)8-11-7(13-15-8)6-9-4-10-12-6/h4-5H,1-3H2,(H,9,10,12). The maximum atomic E-state index is 5.43. The Morgan fingerprint density at radius 1 is 1.47 bits per heavy atom. The molecule has 78 valence electrons.